The molecule has 0 heterocycles. The summed E-state index contributed by atoms with van der Waals surface area (Å²) in [5.41, 5.74) is 1.89. The first-order valence-corrected chi connectivity index (χ1v) is 15.8. The Kier molecular flexibility index (Phi) is 6.53. The molecule has 5 aliphatic rings. The van der Waals surface area contributed by atoms with Gasteiger partial charge in [-0.05, 0) is 114 Å². The molecule has 0 unspecified atom stereocenters. The van der Waals surface area contributed by atoms with Crippen molar-refractivity contribution >= 4 is 11.9 Å². The molecule has 0 spiro atoms. The van der Waals surface area contributed by atoms with Crippen LogP contribution >= 0.6 is 0 Å². The average molecular weight is 529 g/mol. The van der Waals surface area contributed by atoms with Gasteiger partial charge in [-0.1, -0.05) is 55.4 Å². The lowest BCUT2D eigenvalue weighted by Crippen LogP contribution is -2.69. The predicted octanol–water partition coefficient (Wildman–Crippen LogP) is 8.36. The third-order valence-corrected chi connectivity index (χ3v) is 14.6. The summed E-state index contributed by atoms with van der Waals surface area (Å²) in [5.74, 6) is 1.54. The van der Waals surface area contributed by atoms with Gasteiger partial charge in [-0.15, -0.1) is 0 Å². The van der Waals surface area contributed by atoms with E-state index in [4.69, 9.17) is 9.47 Å². The first-order chi connectivity index (χ1) is 17.4. The van der Waals surface area contributed by atoms with Crippen LogP contribution in [-0.2, 0) is 19.1 Å². The Morgan fingerprint density at radius 1 is 0.658 bits per heavy atom. The van der Waals surface area contributed by atoms with Crippen LogP contribution in [0, 0.1) is 56.2 Å². The minimum Gasteiger partial charge on any atom is -0.459 e. The quantitative estimate of drug-likeness (QED) is 0.338. The smallest absolute Gasteiger partial charge is 0.303 e. The molecule has 0 aromatic rings. The highest BCUT2D eigenvalue weighted by Gasteiger charge is 2.71. The molecule has 4 heteroatoms. The van der Waals surface area contributed by atoms with Gasteiger partial charge in [0, 0.05) is 19.8 Å². The van der Waals surface area contributed by atoms with Crippen molar-refractivity contribution in [3.05, 3.63) is 0 Å². The van der Waals surface area contributed by atoms with E-state index in [1.807, 2.05) is 0 Å². The van der Waals surface area contributed by atoms with E-state index in [2.05, 4.69) is 55.4 Å². The topological polar surface area (TPSA) is 52.6 Å². The van der Waals surface area contributed by atoms with E-state index >= 15 is 0 Å². The summed E-state index contributed by atoms with van der Waals surface area (Å²) in [7, 11) is 0. The number of carbonyl (C=O) groups excluding carboxylic acids is 2. The van der Waals surface area contributed by atoms with Gasteiger partial charge in [-0.25, -0.2) is 0 Å². The normalized spacial score (nSPS) is 53.4. The average Bonchev–Trinajstić information content (AvgIpc) is 2.80. The zero-order valence-electron chi connectivity index (χ0n) is 26.2. The van der Waals surface area contributed by atoms with E-state index in [9.17, 15) is 9.59 Å². The van der Waals surface area contributed by atoms with Gasteiger partial charge in [-0.2, -0.15) is 0 Å². The summed E-state index contributed by atoms with van der Waals surface area (Å²) in [4.78, 5) is 24.3. The van der Waals surface area contributed by atoms with Crippen molar-refractivity contribution in [2.24, 2.45) is 56.2 Å². The Morgan fingerprint density at radius 3 is 1.87 bits per heavy atom. The number of esters is 2. The number of hydrogen-bond acceptors (Lipinski definition) is 4. The second-order valence-electron chi connectivity index (χ2n) is 16.8. The standard InChI is InChI=1S/C34H56O4/c1-21-28(38-23(3)36)24(37-22(2)35)19-26-31(21,7)12-11-25-32(26,8)16-18-34(10)27-20-29(4,5)13-14-30(27,6)15-17-33(25,34)9/h21,24-28H,11-20H2,1-10H3/t21-,24-,25-,26+,27+,28-,30+,31+,32+,33+,34-/m0/s1. The first-order valence-electron chi connectivity index (χ1n) is 15.8. The van der Waals surface area contributed by atoms with Crippen molar-refractivity contribution in [2.45, 2.75) is 146 Å². The van der Waals surface area contributed by atoms with Crippen LogP contribution in [0.5, 0.6) is 0 Å². The third-order valence-electron chi connectivity index (χ3n) is 14.6. The van der Waals surface area contributed by atoms with Crippen molar-refractivity contribution in [2.75, 3.05) is 0 Å². The molecule has 0 aromatic heterocycles. The second-order valence-corrected chi connectivity index (χ2v) is 16.8. The van der Waals surface area contributed by atoms with Gasteiger partial charge in [0.2, 0.25) is 0 Å². The zero-order valence-corrected chi connectivity index (χ0v) is 26.2. The Hall–Kier alpha value is -1.06. The first kappa shape index (κ1) is 28.5. The molecule has 5 rings (SSSR count). The van der Waals surface area contributed by atoms with Gasteiger partial charge < -0.3 is 9.47 Å². The van der Waals surface area contributed by atoms with E-state index in [0.29, 0.717) is 33.5 Å². The van der Waals surface area contributed by atoms with Gasteiger partial charge in [0.25, 0.3) is 0 Å². The van der Waals surface area contributed by atoms with Gasteiger partial charge in [0.1, 0.15) is 12.2 Å². The minimum atomic E-state index is -0.359. The Bertz CT molecular complexity index is 987. The molecule has 38 heavy (non-hydrogen) atoms. The van der Waals surface area contributed by atoms with Crippen LogP contribution in [0.4, 0.5) is 0 Å². The fourth-order valence-corrected chi connectivity index (χ4v) is 12.0. The van der Waals surface area contributed by atoms with Crippen molar-refractivity contribution in [1.82, 2.24) is 0 Å². The Balaban J connectivity index is 1.52. The summed E-state index contributed by atoms with van der Waals surface area (Å²) < 4.78 is 11.8. The molecule has 0 aromatic carbocycles. The molecule has 0 bridgehead atoms. The van der Waals surface area contributed by atoms with E-state index in [1.54, 1.807) is 0 Å². The zero-order chi connectivity index (χ0) is 28.1. The highest BCUT2D eigenvalue weighted by atomic mass is 16.6. The van der Waals surface area contributed by atoms with Crippen LogP contribution in [0.2, 0.25) is 0 Å². The fourth-order valence-electron chi connectivity index (χ4n) is 12.0. The lowest BCUT2D eigenvalue weighted by Gasteiger charge is -2.75. The molecular formula is C34H56O4. The Labute approximate surface area is 232 Å². The molecule has 5 aliphatic carbocycles. The van der Waals surface area contributed by atoms with E-state index < -0.39 is 0 Å². The molecule has 4 nitrogen and oxygen atoms in total. The molecule has 0 N–H and O–H groups in total. The van der Waals surface area contributed by atoms with Gasteiger partial charge in [0.15, 0.2) is 0 Å². The molecule has 0 aliphatic heterocycles. The van der Waals surface area contributed by atoms with Crippen molar-refractivity contribution in [3.8, 4) is 0 Å². The Morgan fingerprint density at radius 2 is 1.24 bits per heavy atom. The lowest BCUT2D eigenvalue weighted by molar-refractivity contribution is -0.273. The van der Waals surface area contributed by atoms with Gasteiger partial charge >= 0.3 is 11.9 Å². The largest absolute Gasteiger partial charge is 0.459 e. The molecular weight excluding hydrogens is 472 g/mol. The van der Waals surface area contributed by atoms with Crippen LogP contribution in [0.15, 0.2) is 0 Å². The lowest BCUT2D eigenvalue weighted by atomic mass is 9.30. The molecule has 5 saturated carbocycles. The highest BCUT2D eigenvalue weighted by Crippen LogP contribution is 2.78. The molecule has 5 fully saturated rings. The summed E-state index contributed by atoms with van der Waals surface area (Å²) in [5, 5.41) is 0. The van der Waals surface area contributed by atoms with Crippen molar-refractivity contribution < 1.29 is 19.1 Å². The van der Waals surface area contributed by atoms with Crippen LogP contribution in [-0.4, -0.2) is 24.1 Å². The molecule has 11 atom stereocenters. The van der Waals surface area contributed by atoms with Crippen LogP contribution in [0.3, 0.4) is 0 Å². The maximum Gasteiger partial charge on any atom is 0.303 e. The number of hydrogen-bond donors (Lipinski definition) is 0. The van der Waals surface area contributed by atoms with E-state index in [1.165, 1.54) is 71.6 Å². The van der Waals surface area contributed by atoms with Crippen LogP contribution < -0.4 is 0 Å². The molecule has 0 radical (unpaired) electrons. The summed E-state index contributed by atoms with van der Waals surface area (Å²) in [6.45, 7) is 23.3. The molecule has 0 saturated heterocycles. The van der Waals surface area contributed by atoms with Crippen molar-refractivity contribution in [3.63, 3.8) is 0 Å². The minimum absolute atomic E-state index is 0.0716. The van der Waals surface area contributed by atoms with E-state index in [0.717, 1.165) is 12.3 Å². The SMILES string of the molecule is CC(=O)O[C@@H]1[C@@H](OC(C)=O)C[C@@H]2[C@](C)(CC[C@H]3[C@@]2(C)CC[C@@]2(C)[C@@H]4CC(C)(C)CC[C@]4(C)CC[C@]32C)[C@H]1C. The van der Waals surface area contributed by atoms with E-state index in [-0.39, 0.29) is 40.9 Å². The number of ether oxygens (including phenoxy) is 2. The maximum atomic E-state index is 12.2. The number of fused-ring (bicyclic) bond motifs is 7. The predicted molar refractivity (Wildman–Crippen MR) is 151 cm³/mol. The van der Waals surface area contributed by atoms with Gasteiger partial charge in [-0.3, -0.25) is 9.59 Å². The molecule has 0 amide bonds. The second kappa shape index (κ2) is 8.72. The number of carbonyl (C=O) groups is 2. The maximum absolute atomic E-state index is 12.2. The number of rotatable bonds is 2. The molecule has 216 valence electrons. The van der Waals surface area contributed by atoms with Crippen molar-refractivity contribution in [1.29, 1.82) is 0 Å². The van der Waals surface area contributed by atoms with Crippen LogP contribution in [0.1, 0.15) is 133 Å². The summed E-state index contributed by atoms with van der Waals surface area (Å²) >= 11 is 0. The fraction of sp³-hybridized carbons (Fsp3) is 0.941. The monoisotopic (exact) mass is 528 g/mol. The van der Waals surface area contributed by atoms with Gasteiger partial charge in [0.05, 0.1) is 0 Å². The third kappa shape index (κ3) is 3.87. The summed E-state index contributed by atoms with van der Waals surface area (Å²) in [6, 6.07) is 0. The summed E-state index contributed by atoms with van der Waals surface area (Å²) in [6.07, 6.45) is 11.9. The highest BCUT2D eigenvalue weighted by molar-refractivity contribution is 5.67. The van der Waals surface area contributed by atoms with Crippen LogP contribution in [0.25, 0.3) is 0 Å².